The normalized spacial score (nSPS) is 10.7. The summed E-state index contributed by atoms with van der Waals surface area (Å²) in [6.45, 7) is 1.62. The fourth-order valence-electron chi connectivity index (χ4n) is 1.81. The Balaban J connectivity index is 2.22. The number of phenolic OH excluding ortho intramolecular Hbond substituents is 1. The molecular weight excluding hydrogens is 270 g/mol. The number of aromatic hydroxyl groups is 1. The molecule has 0 aliphatic carbocycles. The van der Waals surface area contributed by atoms with Gasteiger partial charge in [0.25, 0.3) is 5.69 Å². The van der Waals surface area contributed by atoms with Gasteiger partial charge < -0.3 is 5.11 Å². The summed E-state index contributed by atoms with van der Waals surface area (Å²) in [6, 6.07) is 10.7. The summed E-state index contributed by atoms with van der Waals surface area (Å²) >= 11 is 0. The molecule has 2 aromatic rings. The number of nitro benzene ring substituents is 1. The summed E-state index contributed by atoms with van der Waals surface area (Å²) < 4.78 is 0. The Morgan fingerprint density at radius 2 is 1.86 bits per heavy atom. The molecule has 0 aromatic heterocycles. The zero-order valence-corrected chi connectivity index (χ0v) is 11.3. The van der Waals surface area contributed by atoms with E-state index in [0.29, 0.717) is 5.56 Å². The molecule has 0 saturated carbocycles. The van der Waals surface area contributed by atoms with Crippen LogP contribution in [0.15, 0.2) is 48.5 Å². The van der Waals surface area contributed by atoms with E-state index in [0.717, 1.165) is 5.56 Å². The minimum absolute atomic E-state index is 0.0705. The van der Waals surface area contributed by atoms with Crippen LogP contribution in [0.4, 0.5) is 5.69 Å². The molecule has 5 heteroatoms. The predicted molar refractivity (Wildman–Crippen MR) is 79.3 cm³/mol. The highest BCUT2D eigenvalue weighted by Gasteiger charge is 2.13. The summed E-state index contributed by atoms with van der Waals surface area (Å²) in [4.78, 5) is 22.4. The lowest BCUT2D eigenvalue weighted by atomic mass is 10.1. The number of nitro groups is 1. The van der Waals surface area contributed by atoms with Gasteiger partial charge in [0.1, 0.15) is 5.75 Å². The minimum Gasteiger partial charge on any atom is -0.508 e. The number of phenols is 1. The molecule has 0 spiro atoms. The van der Waals surface area contributed by atoms with Crippen LogP contribution in [0.3, 0.4) is 0 Å². The number of benzene rings is 2. The number of nitrogens with zero attached hydrogens (tertiary/aromatic N) is 1. The van der Waals surface area contributed by atoms with E-state index in [2.05, 4.69) is 0 Å². The average molecular weight is 283 g/mol. The van der Waals surface area contributed by atoms with Crippen LogP contribution in [-0.4, -0.2) is 15.8 Å². The molecule has 0 radical (unpaired) electrons. The summed E-state index contributed by atoms with van der Waals surface area (Å²) in [6.07, 6.45) is 2.94. The second-order valence-corrected chi connectivity index (χ2v) is 4.55. The van der Waals surface area contributed by atoms with Crippen LogP contribution in [0.25, 0.3) is 6.08 Å². The van der Waals surface area contributed by atoms with E-state index in [1.54, 1.807) is 37.3 Å². The van der Waals surface area contributed by atoms with Crippen LogP contribution in [0.5, 0.6) is 5.75 Å². The van der Waals surface area contributed by atoms with E-state index in [-0.39, 0.29) is 22.8 Å². The van der Waals surface area contributed by atoms with E-state index in [9.17, 15) is 14.9 Å². The third-order valence-corrected chi connectivity index (χ3v) is 3.01. The van der Waals surface area contributed by atoms with Gasteiger partial charge in [0.15, 0.2) is 5.78 Å². The Morgan fingerprint density at radius 1 is 1.19 bits per heavy atom. The minimum atomic E-state index is -0.504. The number of allylic oxidation sites excluding steroid dienone is 1. The van der Waals surface area contributed by atoms with Gasteiger partial charge in [0.05, 0.1) is 4.92 Å². The molecule has 0 aliphatic rings. The van der Waals surface area contributed by atoms with Gasteiger partial charge in [0, 0.05) is 17.2 Å². The van der Waals surface area contributed by atoms with Gasteiger partial charge >= 0.3 is 0 Å². The van der Waals surface area contributed by atoms with Gasteiger partial charge in [-0.05, 0) is 30.7 Å². The largest absolute Gasteiger partial charge is 0.508 e. The van der Waals surface area contributed by atoms with Crippen molar-refractivity contribution >= 4 is 17.5 Å². The number of ketones is 1. The maximum absolute atomic E-state index is 12.0. The molecule has 0 heterocycles. The number of carbonyl (C=O) groups excluding carboxylic acids is 1. The molecule has 0 saturated heterocycles. The Morgan fingerprint density at radius 3 is 2.48 bits per heavy atom. The van der Waals surface area contributed by atoms with Gasteiger partial charge in [-0.15, -0.1) is 0 Å². The Hall–Kier alpha value is -2.95. The zero-order chi connectivity index (χ0) is 15.4. The lowest BCUT2D eigenvalue weighted by Crippen LogP contribution is -1.98. The smallest absolute Gasteiger partial charge is 0.273 e. The van der Waals surface area contributed by atoms with Gasteiger partial charge in [0.2, 0.25) is 0 Å². The molecule has 0 fully saturated rings. The number of carbonyl (C=O) groups is 1. The first kappa shape index (κ1) is 14.5. The lowest BCUT2D eigenvalue weighted by molar-refractivity contribution is -0.385. The molecule has 1 N–H and O–H groups in total. The van der Waals surface area contributed by atoms with Crippen LogP contribution in [0, 0.1) is 17.0 Å². The Kier molecular flexibility index (Phi) is 4.13. The van der Waals surface area contributed by atoms with Crippen molar-refractivity contribution in [3.05, 3.63) is 75.3 Å². The number of hydrogen-bond acceptors (Lipinski definition) is 4. The van der Waals surface area contributed by atoms with E-state index in [4.69, 9.17) is 5.11 Å². The fourth-order valence-corrected chi connectivity index (χ4v) is 1.81. The second kappa shape index (κ2) is 6.00. The summed E-state index contributed by atoms with van der Waals surface area (Å²) in [5, 5.41) is 20.0. The van der Waals surface area contributed by atoms with Crippen molar-refractivity contribution in [3.8, 4) is 5.75 Å². The SMILES string of the molecule is Cc1ccc(C(=O)/C=C/c2ccc(O)cc2)cc1[N+](=O)[O-]. The molecule has 0 amide bonds. The highest BCUT2D eigenvalue weighted by molar-refractivity contribution is 6.07. The van der Waals surface area contributed by atoms with E-state index in [1.807, 2.05) is 0 Å². The average Bonchev–Trinajstić information content (AvgIpc) is 2.46. The zero-order valence-electron chi connectivity index (χ0n) is 11.3. The molecular formula is C16H13NO4. The standard InChI is InChI=1S/C16H13NO4/c1-11-2-6-13(10-15(11)17(20)21)16(19)9-5-12-3-7-14(18)8-4-12/h2-10,18H,1H3/b9-5+. The highest BCUT2D eigenvalue weighted by Crippen LogP contribution is 2.20. The molecule has 5 nitrogen and oxygen atoms in total. The first-order valence-corrected chi connectivity index (χ1v) is 6.24. The van der Waals surface area contributed by atoms with Crippen LogP contribution in [-0.2, 0) is 0 Å². The Labute approximate surface area is 121 Å². The van der Waals surface area contributed by atoms with Crippen LogP contribution >= 0.6 is 0 Å². The fraction of sp³-hybridized carbons (Fsp3) is 0.0625. The van der Waals surface area contributed by atoms with E-state index < -0.39 is 4.92 Å². The van der Waals surface area contributed by atoms with Gasteiger partial charge in [-0.2, -0.15) is 0 Å². The predicted octanol–water partition coefficient (Wildman–Crippen LogP) is 3.50. The van der Waals surface area contributed by atoms with Gasteiger partial charge in [-0.3, -0.25) is 14.9 Å². The summed E-state index contributed by atoms with van der Waals surface area (Å²) in [5.41, 5.74) is 1.46. The van der Waals surface area contributed by atoms with Crippen molar-refractivity contribution in [2.75, 3.05) is 0 Å². The molecule has 106 valence electrons. The summed E-state index contributed by atoms with van der Waals surface area (Å²) in [5.74, 6) is -0.168. The van der Waals surface area contributed by atoms with Crippen molar-refractivity contribution in [1.29, 1.82) is 0 Å². The van der Waals surface area contributed by atoms with Gasteiger partial charge in [-0.25, -0.2) is 0 Å². The van der Waals surface area contributed by atoms with Crippen molar-refractivity contribution in [1.82, 2.24) is 0 Å². The molecule has 0 bridgehead atoms. The molecule has 0 aliphatic heterocycles. The number of aryl methyl sites for hydroxylation is 1. The van der Waals surface area contributed by atoms with Crippen LogP contribution in [0.2, 0.25) is 0 Å². The summed E-state index contributed by atoms with van der Waals surface area (Å²) in [7, 11) is 0. The van der Waals surface area contributed by atoms with E-state index in [1.165, 1.54) is 24.3 Å². The third kappa shape index (κ3) is 3.54. The van der Waals surface area contributed by atoms with Gasteiger partial charge in [-0.1, -0.05) is 30.3 Å². The lowest BCUT2D eigenvalue weighted by Gasteiger charge is -2.00. The quantitative estimate of drug-likeness (QED) is 0.403. The van der Waals surface area contributed by atoms with E-state index >= 15 is 0 Å². The first-order valence-electron chi connectivity index (χ1n) is 6.24. The van der Waals surface area contributed by atoms with Crippen molar-refractivity contribution in [2.45, 2.75) is 6.92 Å². The van der Waals surface area contributed by atoms with Crippen LogP contribution < -0.4 is 0 Å². The molecule has 2 rings (SSSR count). The maximum atomic E-state index is 12.0. The number of rotatable bonds is 4. The first-order chi connectivity index (χ1) is 9.97. The Bertz CT molecular complexity index is 718. The molecule has 0 atom stereocenters. The number of hydrogen-bond donors (Lipinski definition) is 1. The molecule has 2 aromatic carbocycles. The van der Waals surface area contributed by atoms with Crippen molar-refractivity contribution in [3.63, 3.8) is 0 Å². The maximum Gasteiger partial charge on any atom is 0.273 e. The van der Waals surface area contributed by atoms with Crippen molar-refractivity contribution in [2.24, 2.45) is 0 Å². The highest BCUT2D eigenvalue weighted by atomic mass is 16.6. The molecule has 0 unspecified atom stereocenters. The van der Waals surface area contributed by atoms with Crippen LogP contribution in [0.1, 0.15) is 21.5 Å². The monoisotopic (exact) mass is 283 g/mol. The topological polar surface area (TPSA) is 80.4 Å². The third-order valence-electron chi connectivity index (χ3n) is 3.01. The van der Waals surface area contributed by atoms with Crippen molar-refractivity contribution < 1.29 is 14.8 Å². The molecule has 21 heavy (non-hydrogen) atoms. The second-order valence-electron chi connectivity index (χ2n) is 4.55.